The van der Waals surface area contributed by atoms with E-state index in [1.54, 1.807) is 0 Å². The summed E-state index contributed by atoms with van der Waals surface area (Å²) in [5.74, 6) is 0.745. The smallest absolute Gasteiger partial charge is 0.0104 e. The minimum atomic E-state index is 0.704. The summed E-state index contributed by atoms with van der Waals surface area (Å²) in [5, 5.41) is 3.28. The monoisotopic (exact) mass is 128 g/mol. The summed E-state index contributed by atoms with van der Waals surface area (Å²) in [6, 6.07) is 0.704. The quantitative estimate of drug-likeness (QED) is 0.562. The largest absolute Gasteiger partial charge is 0.330 e. The van der Waals surface area contributed by atoms with Crippen molar-refractivity contribution in [2.75, 3.05) is 13.6 Å². The molecule has 1 aliphatic rings. The maximum atomic E-state index is 5.56. The van der Waals surface area contributed by atoms with Gasteiger partial charge < -0.3 is 11.1 Å². The van der Waals surface area contributed by atoms with Crippen molar-refractivity contribution in [3.8, 4) is 0 Å². The molecule has 1 saturated carbocycles. The highest BCUT2D eigenvalue weighted by molar-refractivity contribution is 4.82. The lowest BCUT2D eigenvalue weighted by Crippen LogP contribution is -2.33. The molecule has 0 aromatic carbocycles. The van der Waals surface area contributed by atoms with Crippen LogP contribution in [0.15, 0.2) is 0 Å². The van der Waals surface area contributed by atoms with Crippen LogP contribution in [0.3, 0.4) is 0 Å². The van der Waals surface area contributed by atoms with Crippen LogP contribution in [0.4, 0.5) is 0 Å². The van der Waals surface area contributed by atoms with E-state index in [0.29, 0.717) is 6.04 Å². The molecule has 9 heavy (non-hydrogen) atoms. The molecule has 1 rings (SSSR count). The first-order chi connectivity index (χ1) is 4.38. The molecule has 0 amide bonds. The standard InChI is InChI=1S/C7H16N2/c1-9-7-4-2-3-6(7)5-8/h6-7,9H,2-5,8H2,1H3/t6-,7+/m1/s1. The van der Waals surface area contributed by atoms with Crippen LogP contribution in [-0.2, 0) is 0 Å². The van der Waals surface area contributed by atoms with Gasteiger partial charge in [0.25, 0.3) is 0 Å². The van der Waals surface area contributed by atoms with Gasteiger partial charge in [0.2, 0.25) is 0 Å². The Morgan fingerprint density at radius 1 is 1.56 bits per heavy atom. The Kier molecular flexibility index (Phi) is 2.49. The predicted molar refractivity (Wildman–Crippen MR) is 39.2 cm³/mol. The van der Waals surface area contributed by atoms with Gasteiger partial charge in [-0.1, -0.05) is 6.42 Å². The zero-order valence-corrected chi connectivity index (χ0v) is 6.06. The van der Waals surface area contributed by atoms with Crippen LogP contribution in [0.5, 0.6) is 0 Å². The van der Waals surface area contributed by atoms with Gasteiger partial charge in [0.1, 0.15) is 0 Å². The number of rotatable bonds is 2. The van der Waals surface area contributed by atoms with E-state index in [2.05, 4.69) is 5.32 Å². The molecule has 2 heteroatoms. The number of hydrogen-bond acceptors (Lipinski definition) is 2. The van der Waals surface area contributed by atoms with E-state index in [4.69, 9.17) is 5.73 Å². The third kappa shape index (κ3) is 1.43. The minimum absolute atomic E-state index is 0.704. The highest BCUT2D eigenvalue weighted by Gasteiger charge is 2.23. The molecular formula is C7H16N2. The van der Waals surface area contributed by atoms with E-state index < -0.39 is 0 Å². The molecule has 0 bridgehead atoms. The molecule has 1 aliphatic carbocycles. The fourth-order valence-electron chi connectivity index (χ4n) is 1.70. The lowest BCUT2D eigenvalue weighted by molar-refractivity contribution is 0.434. The SMILES string of the molecule is CN[C@H]1CCC[C@@H]1CN. The Bertz CT molecular complexity index is 73.0. The summed E-state index contributed by atoms with van der Waals surface area (Å²) in [4.78, 5) is 0. The van der Waals surface area contributed by atoms with Crippen LogP contribution in [-0.4, -0.2) is 19.6 Å². The van der Waals surface area contributed by atoms with Crippen LogP contribution in [0.2, 0.25) is 0 Å². The summed E-state index contributed by atoms with van der Waals surface area (Å²) in [5.41, 5.74) is 5.56. The van der Waals surface area contributed by atoms with Crippen molar-refractivity contribution < 1.29 is 0 Å². The molecule has 0 aromatic rings. The Morgan fingerprint density at radius 3 is 2.78 bits per heavy atom. The van der Waals surface area contributed by atoms with Crippen LogP contribution >= 0.6 is 0 Å². The van der Waals surface area contributed by atoms with E-state index in [0.717, 1.165) is 12.5 Å². The second kappa shape index (κ2) is 3.18. The summed E-state index contributed by atoms with van der Waals surface area (Å²) in [6.07, 6.45) is 3.99. The molecule has 0 unspecified atom stereocenters. The Hall–Kier alpha value is -0.0800. The molecular weight excluding hydrogens is 112 g/mol. The predicted octanol–water partition coefficient (Wildman–Crippen LogP) is 0.333. The van der Waals surface area contributed by atoms with Gasteiger partial charge in [-0.2, -0.15) is 0 Å². The Labute approximate surface area is 56.8 Å². The lowest BCUT2D eigenvalue weighted by atomic mass is 10.1. The Morgan fingerprint density at radius 2 is 2.33 bits per heavy atom. The molecule has 0 radical (unpaired) electrons. The van der Waals surface area contributed by atoms with Gasteiger partial charge in [-0.3, -0.25) is 0 Å². The van der Waals surface area contributed by atoms with Gasteiger partial charge in [-0.15, -0.1) is 0 Å². The van der Waals surface area contributed by atoms with Gasteiger partial charge in [0, 0.05) is 6.04 Å². The van der Waals surface area contributed by atoms with E-state index in [-0.39, 0.29) is 0 Å². The van der Waals surface area contributed by atoms with Crippen molar-refractivity contribution in [2.24, 2.45) is 11.7 Å². The van der Waals surface area contributed by atoms with E-state index >= 15 is 0 Å². The summed E-state index contributed by atoms with van der Waals surface area (Å²) in [6.45, 7) is 0.853. The molecule has 0 aromatic heterocycles. The Balaban J connectivity index is 2.32. The van der Waals surface area contributed by atoms with Crippen LogP contribution < -0.4 is 11.1 Å². The molecule has 2 nitrogen and oxygen atoms in total. The van der Waals surface area contributed by atoms with E-state index in [1.807, 2.05) is 7.05 Å². The normalized spacial score (nSPS) is 35.3. The number of nitrogens with two attached hydrogens (primary N) is 1. The molecule has 0 heterocycles. The van der Waals surface area contributed by atoms with Gasteiger partial charge in [0.05, 0.1) is 0 Å². The molecule has 0 aliphatic heterocycles. The van der Waals surface area contributed by atoms with Gasteiger partial charge in [-0.25, -0.2) is 0 Å². The maximum Gasteiger partial charge on any atom is 0.0104 e. The summed E-state index contributed by atoms with van der Waals surface area (Å²) < 4.78 is 0. The summed E-state index contributed by atoms with van der Waals surface area (Å²) in [7, 11) is 2.03. The third-order valence-corrected chi connectivity index (χ3v) is 2.33. The first-order valence-electron chi connectivity index (χ1n) is 3.76. The lowest BCUT2D eigenvalue weighted by Gasteiger charge is -2.15. The van der Waals surface area contributed by atoms with Crippen molar-refractivity contribution in [3.05, 3.63) is 0 Å². The molecule has 1 fully saturated rings. The second-order valence-electron chi connectivity index (χ2n) is 2.82. The number of hydrogen-bond donors (Lipinski definition) is 2. The zero-order chi connectivity index (χ0) is 6.69. The van der Waals surface area contributed by atoms with Crippen molar-refractivity contribution in [3.63, 3.8) is 0 Å². The molecule has 2 atom stereocenters. The average Bonchev–Trinajstić information content (AvgIpc) is 2.33. The average molecular weight is 128 g/mol. The zero-order valence-electron chi connectivity index (χ0n) is 6.06. The van der Waals surface area contributed by atoms with Crippen LogP contribution in [0, 0.1) is 5.92 Å². The molecule has 0 spiro atoms. The van der Waals surface area contributed by atoms with Crippen molar-refractivity contribution in [1.29, 1.82) is 0 Å². The third-order valence-electron chi connectivity index (χ3n) is 2.33. The van der Waals surface area contributed by atoms with Gasteiger partial charge >= 0.3 is 0 Å². The summed E-state index contributed by atoms with van der Waals surface area (Å²) >= 11 is 0. The number of nitrogens with one attached hydrogen (secondary N) is 1. The molecule has 3 N–H and O–H groups in total. The highest BCUT2D eigenvalue weighted by Crippen LogP contribution is 2.23. The van der Waals surface area contributed by atoms with Crippen LogP contribution in [0.1, 0.15) is 19.3 Å². The molecule has 0 saturated heterocycles. The van der Waals surface area contributed by atoms with Gasteiger partial charge in [-0.05, 0) is 32.4 Å². The topological polar surface area (TPSA) is 38.0 Å². The van der Waals surface area contributed by atoms with E-state index in [9.17, 15) is 0 Å². The minimum Gasteiger partial charge on any atom is -0.330 e. The second-order valence-corrected chi connectivity index (χ2v) is 2.82. The van der Waals surface area contributed by atoms with Gasteiger partial charge in [0.15, 0.2) is 0 Å². The fourth-order valence-corrected chi connectivity index (χ4v) is 1.70. The maximum absolute atomic E-state index is 5.56. The van der Waals surface area contributed by atoms with Crippen molar-refractivity contribution >= 4 is 0 Å². The first-order valence-corrected chi connectivity index (χ1v) is 3.76. The first kappa shape index (κ1) is 7.03. The van der Waals surface area contributed by atoms with Crippen LogP contribution in [0.25, 0.3) is 0 Å². The highest BCUT2D eigenvalue weighted by atomic mass is 14.9. The van der Waals surface area contributed by atoms with Crippen molar-refractivity contribution in [1.82, 2.24) is 5.32 Å². The van der Waals surface area contributed by atoms with E-state index in [1.165, 1.54) is 19.3 Å². The van der Waals surface area contributed by atoms with Crippen molar-refractivity contribution in [2.45, 2.75) is 25.3 Å². The molecule has 54 valence electrons. The fraction of sp³-hybridized carbons (Fsp3) is 1.00.